The van der Waals surface area contributed by atoms with Gasteiger partial charge in [-0.25, -0.2) is 17.8 Å². The van der Waals surface area contributed by atoms with Crippen LogP contribution in [0.2, 0.25) is 4.34 Å². The van der Waals surface area contributed by atoms with E-state index in [1.54, 1.807) is 36.1 Å². The van der Waals surface area contributed by atoms with E-state index >= 15 is 0 Å². The molecule has 2 heterocycles. The molecule has 3 aromatic rings. The average molecular weight is 457 g/mol. The Morgan fingerprint density at radius 1 is 1.31 bits per heavy atom. The zero-order chi connectivity index (χ0) is 21.2. The first-order valence-electron chi connectivity index (χ1n) is 8.42. The van der Waals surface area contributed by atoms with Gasteiger partial charge in [0.05, 0.1) is 10.9 Å². The summed E-state index contributed by atoms with van der Waals surface area (Å²) in [6.07, 6.45) is 3.30. The monoisotopic (exact) mass is 456 g/mol. The fourth-order valence-corrected chi connectivity index (χ4v) is 5.51. The van der Waals surface area contributed by atoms with Gasteiger partial charge in [0, 0.05) is 26.5 Å². The summed E-state index contributed by atoms with van der Waals surface area (Å²) in [6.45, 7) is -0.403. The lowest BCUT2D eigenvalue weighted by molar-refractivity contribution is -0.121. The van der Waals surface area contributed by atoms with Crippen molar-refractivity contribution in [2.24, 2.45) is 7.05 Å². The third kappa shape index (κ3) is 4.84. The molecule has 1 N–H and O–H groups in total. The largest absolute Gasteiger partial charge is 0.341 e. The van der Waals surface area contributed by atoms with Crippen LogP contribution >= 0.6 is 22.9 Å². The molecular weight excluding hydrogens is 439 g/mol. The fourth-order valence-electron chi connectivity index (χ4n) is 2.69. The van der Waals surface area contributed by atoms with E-state index < -0.39 is 34.3 Å². The number of halogens is 2. The van der Waals surface area contributed by atoms with E-state index in [2.05, 4.69) is 10.3 Å². The molecule has 1 aromatic carbocycles. The quantitative estimate of drug-likeness (QED) is 0.592. The maximum atomic E-state index is 13.3. The Kier molecular flexibility index (Phi) is 6.37. The van der Waals surface area contributed by atoms with Gasteiger partial charge in [0.2, 0.25) is 5.91 Å². The normalized spacial score (nSPS) is 12.9. The Labute approximate surface area is 176 Å². The highest BCUT2D eigenvalue weighted by Crippen LogP contribution is 2.27. The average Bonchev–Trinajstić information content (AvgIpc) is 3.29. The number of hydrogen-bond donors (Lipinski definition) is 1. The van der Waals surface area contributed by atoms with Crippen LogP contribution in [0.5, 0.6) is 0 Å². The number of thiophene rings is 1. The highest BCUT2D eigenvalue weighted by atomic mass is 35.5. The standard InChI is InChI=1S/C18H18ClFN4O3S2/c1-23-10-9-21-18(23)17(12-3-5-13(20)6-4-12)22-15(25)11-24(2)29(26,27)16-8-7-14(19)28-16/h3-10,17H,11H2,1-2H3,(H,22,25). The number of rotatable bonds is 7. The van der Waals surface area contributed by atoms with Gasteiger partial charge in [-0.2, -0.15) is 4.31 Å². The molecule has 0 radical (unpaired) electrons. The molecule has 0 aliphatic rings. The van der Waals surface area contributed by atoms with Gasteiger partial charge in [-0.1, -0.05) is 23.7 Å². The zero-order valence-corrected chi connectivity index (χ0v) is 17.9. The van der Waals surface area contributed by atoms with Gasteiger partial charge >= 0.3 is 0 Å². The molecule has 0 bridgehead atoms. The predicted octanol–water partition coefficient (Wildman–Crippen LogP) is 2.80. The summed E-state index contributed by atoms with van der Waals surface area (Å²) in [5, 5.41) is 2.78. The summed E-state index contributed by atoms with van der Waals surface area (Å²) in [5.41, 5.74) is 0.615. The molecule has 0 aliphatic carbocycles. The molecule has 0 spiro atoms. The number of nitrogens with one attached hydrogen (secondary N) is 1. The molecule has 0 aliphatic heterocycles. The van der Waals surface area contributed by atoms with Gasteiger partial charge in [-0.15, -0.1) is 11.3 Å². The second kappa shape index (κ2) is 8.62. The molecule has 154 valence electrons. The van der Waals surface area contributed by atoms with E-state index in [-0.39, 0.29) is 4.21 Å². The van der Waals surface area contributed by atoms with Crippen LogP contribution in [-0.4, -0.2) is 41.8 Å². The molecule has 11 heteroatoms. The Hall–Kier alpha value is -2.27. The van der Waals surface area contributed by atoms with Crippen LogP contribution in [0.4, 0.5) is 4.39 Å². The van der Waals surface area contributed by atoms with Crippen molar-refractivity contribution in [1.82, 2.24) is 19.2 Å². The molecule has 2 aromatic heterocycles. The molecule has 1 amide bonds. The number of amides is 1. The molecule has 0 saturated heterocycles. The maximum Gasteiger partial charge on any atom is 0.252 e. The van der Waals surface area contributed by atoms with Crippen molar-refractivity contribution in [2.75, 3.05) is 13.6 Å². The summed E-state index contributed by atoms with van der Waals surface area (Å²) < 4.78 is 41.6. The number of aromatic nitrogens is 2. The van der Waals surface area contributed by atoms with Crippen molar-refractivity contribution in [3.8, 4) is 0 Å². The number of sulfonamides is 1. The van der Waals surface area contributed by atoms with Crippen LogP contribution in [0.3, 0.4) is 0 Å². The number of nitrogens with zero attached hydrogens (tertiary/aromatic N) is 3. The molecule has 29 heavy (non-hydrogen) atoms. The summed E-state index contributed by atoms with van der Waals surface area (Å²) in [6, 6.07) is 7.87. The van der Waals surface area contributed by atoms with E-state index in [4.69, 9.17) is 11.6 Å². The van der Waals surface area contributed by atoms with Crippen LogP contribution in [0.25, 0.3) is 0 Å². The van der Waals surface area contributed by atoms with Crippen molar-refractivity contribution in [2.45, 2.75) is 10.3 Å². The fraction of sp³-hybridized carbons (Fsp3) is 0.222. The van der Waals surface area contributed by atoms with Crippen molar-refractivity contribution in [1.29, 1.82) is 0 Å². The Bertz CT molecular complexity index is 1110. The van der Waals surface area contributed by atoms with Crippen LogP contribution in [0.15, 0.2) is 53.0 Å². The topological polar surface area (TPSA) is 84.3 Å². The minimum atomic E-state index is -3.85. The number of imidazole rings is 1. The van der Waals surface area contributed by atoms with Crippen molar-refractivity contribution in [3.05, 3.63) is 70.3 Å². The summed E-state index contributed by atoms with van der Waals surface area (Å²) in [7, 11) is -0.763. The van der Waals surface area contributed by atoms with E-state index in [0.717, 1.165) is 15.6 Å². The van der Waals surface area contributed by atoms with E-state index in [0.29, 0.717) is 15.7 Å². The third-order valence-electron chi connectivity index (χ3n) is 4.20. The number of benzene rings is 1. The molecule has 7 nitrogen and oxygen atoms in total. The summed E-state index contributed by atoms with van der Waals surface area (Å²) in [5.74, 6) is -0.407. The van der Waals surface area contributed by atoms with E-state index in [1.165, 1.54) is 31.3 Å². The van der Waals surface area contributed by atoms with Gasteiger partial charge < -0.3 is 9.88 Å². The maximum absolute atomic E-state index is 13.3. The molecule has 1 unspecified atom stereocenters. The Balaban J connectivity index is 1.80. The van der Waals surface area contributed by atoms with Gasteiger partial charge in [0.15, 0.2) is 0 Å². The van der Waals surface area contributed by atoms with E-state index in [9.17, 15) is 17.6 Å². The number of likely N-dealkylation sites (N-methyl/N-ethyl adjacent to an activating group) is 1. The number of hydrogen-bond acceptors (Lipinski definition) is 5. The van der Waals surface area contributed by atoms with Crippen molar-refractivity contribution >= 4 is 38.9 Å². The van der Waals surface area contributed by atoms with E-state index in [1.807, 2.05) is 0 Å². The van der Waals surface area contributed by atoms with Gasteiger partial charge in [0.1, 0.15) is 21.9 Å². The van der Waals surface area contributed by atoms with Gasteiger partial charge in [0.25, 0.3) is 10.0 Å². The SMILES string of the molecule is CN(CC(=O)NC(c1ccc(F)cc1)c1nccn1C)S(=O)(=O)c1ccc(Cl)s1. The summed E-state index contributed by atoms with van der Waals surface area (Å²) in [4.78, 5) is 16.9. The Morgan fingerprint density at radius 2 is 2.00 bits per heavy atom. The number of aryl methyl sites for hydroxylation is 1. The highest BCUT2D eigenvalue weighted by molar-refractivity contribution is 7.91. The lowest BCUT2D eigenvalue weighted by Gasteiger charge is -2.21. The minimum Gasteiger partial charge on any atom is -0.341 e. The lowest BCUT2D eigenvalue weighted by atomic mass is 10.1. The van der Waals surface area contributed by atoms with Crippen LogP contribution in [0, 0.1) is 5.82 Å². The van der Waals surface area contributed by atoms with Crippen LogP contribution in [-0.2, 0) is 21.9 Å². The van der Waals surface area contributed by atoms with Crippen molar-refractivity contribution < 1.29 is 17.6 Å². The smallest absolute Gasteiger partial charge is 0.252 e. The van der Waals surface area contributed by atoms with Gasteiger partial charge in [-0.3, -0.25) is 4.79 Å². The minimum absolute atomic E-state index is 0.0528. The first-order chi connectivity index (χ1) is 13.7. The molecule has 3 rings (SSSR count). The number of carbonyl (C=O) groups is 1. The predicted molar refractivity (Wildman–Crippen MR) is 109 cm³/mol. The second-order valence-corrected chi connectivity index (χ2v) is 10.3. The number of carbonyl (C=O) groups excluding carboxylic acids is 1. The highest BCUT2D eigenvalue weighted by Gasteiger charge is 2.27. The molecular formula is C18H18ClFN4O3S2. The lowest BCUT2D eigenvalue weighted by Crippen LogP contribution is -2.40. The first kappa shape index (κ1) is 21.4. The van der Waals surface area contributed by atoms with Crippen LogP contribution in [0.1, 0.15) is 17.4 Å². The zero-order valence-electron chi connectivity index (χ0n) is 15.5. The summed E-state index contributed by atoms with van der Waals surface area (Å²) >= 11 is 6.73. The molecule has 0 saturated carbocycles. The molecule has 1 atom stereocenters. The third-order valence-corrected chi connectivity index (χ3v) is 7.71. The first-order valence-corrected chi connectivity index (χ1v) is 11.1. The van der Waals surface area contributed by atoms with Gasteiger partial charge in [-0.05, 0) is 29.8 Å². The Morgan fingerprint density at radius 3 is 2.55 bits per heavy atom. The van der Waals surface area contributed by atoms with Crippen LogP contribution < -0.4 is 5.32 Å². The second-order valence-electron chi connectivity index (χ2n) is 6.27. The van der Waals surface area contributed by atoms with Crippen molar-refractivity contribution in [3.63, 3.8) is 0 Å². The molecule has 0 fully saturated rings.